The Kier molecular flexibility index (Phi) is 8.15. The van der Waals surface area contributed by atoms with Gasteiger partial charge in [-0.1, -0.05) is 48.0 Å². The largest absolute Gasteiger partial charge is 0.339 e. The van der Waals surface area contributed by atoms with E-state index >= 15 is 0 Å². The first kappa shape index (κ1) is 26.5. The van der Waals surface area contributed by atoms with Crippen LogP contribution < -0.4 is 5.32 Å². The number of amides is 2. The van der Waals surface area contributed by atoms with Crippen LogP contribution in [0.3, 0.4) is 0 Å². The second kappa shape index (κ2) is 11.7. The van der Waals surface area contributed by atoms with Crippen LogP contribution in [0.1, 0.15) is 65.6 Å². The Morgan fingerprint density at radius 1 is 0.921 bits per heavy atom. The highest BCUT2D eigenvalue weighted by molar-refractivity contribution is 6.30. The minimum atomic E-state index is -0.189. The SMILES string of the molecule is C[C@H](C(=O)Nc1ccc(C2CCC(N(C)C(=O)c3ccc(Cl)cc3)CC2)cc1)N1CCc2ccccc2C1. The van der Waals surface area contributed by atoms with E-state index in [0.29, 0.717) is 16.5 Å². The molecule has 1 atom stereocenters. The zero-order valence-corrected chi connectivity index (χ0v) is 23.0. The molecule has 5 rings (SSSR count). The van der Waals surface area contributed by atoms with Crippen molar-refractivity contribution < 1.29 is 9.59 Å². The van der Waals surface area contributed by atoms with E-state index in [2.05, 4.69) is 46.6 Å². The van der Waals surface area contributed by atoms with Crippen LogP contribution in [-0.4, -0.2) is 47.3 Å². The molecule has 0 radical (unpaired) electrons. The summed E-state index contributed by atoms with van der Waals surface area (Å²) in [5.41, 5.74) is 5.52. The number of nitrogens with one attached hydrogen (secondary N) is 1. The lowest BCUT2D eigenvalue weighted by atomic mass is 9.81. The summed E-state index contributed by atoms with van der Waals surface area (Å²) in [6.07, 6.45) is 5.03. The van der Waals surface area contributed by atoms with Crippen LogP contribution in [0.4, 0.5) is 5.69 Å². The van der Waals surface area contributed by atoms with Crippen LogP contribution in [-0.2, 0) is 17.8 Å². The van der Waals surface area contributed by atoms with Gasteiger partial charge < -0.3 is 10.2 Å². The Morgan fingerprint density at radius 2 is 1.58 bits per heavy atom. The zero-order chi connectivity index (χ0) is 26.6. The maximum atomic E-state index is 13.0. The first-order chi connectivity index (χ1) is 18.4. The fourth-order valence-electron chi connectivity index (χ4n) is 5.86. The van der Waals surface area contributed by atoms with Gasteiger partial charge in [0.2, 0.25) is 5.91 Å². The molecule has 0 saturated heterocycles. The number of benzene rings is 3. The van der Waals surface area contributed by atoms with Crippen LogP contribution in [0.15, 0.2) is 72.8 Å². The molecule has 1 heterocycles. The van der Waals surface area contributed by atoms with Crippen LogP contribution in [0.5, 0.6) is 0 Å². The lowest BCUT2D eigenvalue weighted by Gasteiger charge is -2.35. The summed E-state index contributed by atoms with van der Waals surface area (Å²) >= 11 is 5.97. The summed E-state index contributed by atoms with van der Waals surface area (Å²) in [5, 5.41) is 3.75. The third-order valence-corrected chi connectivity index (χ3v) is 8.64. The maximum Gasteiger partial charge on any atom is 0.253 e. The summed E-state index contributed by atoms with van der Waals surface area (Å²) in [4.78, 5) is 30.0. The molecular weight excluding hydrogens is 494 g/mol. The monoisotopic (exact) mass is 529 g/mol. The average molecular weight is 530 g/mol. The maximum absolute atomic E-state index is 13.0. The second-order valence-electron chi connectivity index (χ2n) is 10.7. The molecule has 0 spiro atoms. The summed E-state index contributed by atoms with van der Waals surface area (Å²) in [7, 11) is 1.91. The minimum Gasteiger partial charge on any atom is -0.339 e. The molecule has 2 aliphatic rings. The molecule has 6 heteroatoms. The molecule has 3 aromatic carbocycles. The smallest absolute Gasteiger partial charge is 0.253 e. The number of hydrogen-bond donors (Lipinski definition) is 1. The third kappa shape index (κ3) is 5.95. The van der Waals surface area contributed by atoms with Gasteiger partial charge in [0.05, 0.1) is 6.04 Å². The first-order valence-corrected chi connectivity index (χ1v) is 14.0. The van der Waals surface area contributed by atoms with E-state index in [1.54, 1.807) is 24.3 Å². The van der Waals surface area contributed by atoms with E-state index in [4.69, 9.17) is 11.6 Å². The number of carbonyl (C=O) groups excluding carboxylic acids is 2. The Hall–Kier alpha value is -3.15. The van der Waals surface area contributed by atoms with E-state index in [9.17, 15) is 9.59 Å². The Morgan fingerprint density at radius 3 is 2.26 bits per heavy atom. The van der Waals surface area contributed by atoms with E-state index < -0.39 is 0 Å². The number of rotatable bonds is 6. The molecule has 38 heavy (non-hydrogen) atoms. The molecule has 0 aromatic heterocycles. The first-order valence-electron chi connectivity index (χ1n) is 13.6. The number of nitrogens with zero attached hydrogens (tertiary/aromatic N) is 2. The highest BCUT2D eigenvalue weighted by Gasteiger charge is 2.28. The molecule has 1 fully saturated rings. The van der Waals surface area contributed by atoms with Crippen LogP contribution >= 0.6 is 11.6 Å². The van der Waals surface area contributed by atoms with Crippen molar-refractivity contribution in [3.8, 4) is 0 Å². The van der Waals surface area contributed by atoms with E-state index in [1.165, 1.54) is 16.7 Å². The second-order valence-corrected chi connectivity index (χ2v) is 11.1. The van der Waals surface area contributed by atoms with E-state index in [0.717, 1.165) is 50.9 Å². The molecule has 1 N–H and O–H groups in total. The highest BCUT2D eigenvalue weighted by atomic mass is 35.5. The van der Waals surface area contributed by atoms with Crippen molar-refractivity contribution >= 4 is 29.1 Å². The third-order valence-electron chi connectivity index (χ3n) is 8.39. The molecular formula is C32H36ClN3O2. The zero-order valence-electron chi connectivity index (χ0n) is 22.2. The van der Waals surface area contributed by atoms with Crippen molar-refractivity contribution in [1.82, 2.24) is 9.80 Å². The Balaban J connectivity index is 1.12. The van der Waals surface area contributed by atoms with Gasteiger partial charge in [0.1, 0.15) is 0 Å². The van der Waals surface area contributed by atoms with Crippen molar-refractivity contribution in [2.24, 2.45) is 0 Å². The standard InChI is InChI=1S/C32H36ClN3O2/c1-22(36-20-19-23-5-3-4-6-27(23)21-36)31(37)34-29-15-9-24(10-16-29)25-11-17-30(18-12-25)35(2)32(38)26-7-13-28(33)14-8-26/h3-10,13-16,22,25,30H,11-12,17-21H2,1-2H3,(H,34,37)/t22-,25?,30?/m1/s1. The molecule has 1 aliphatic carbocycles. The molecule has 1 aliphatic heterocycles. The molecule has 1 saturated carbocycles. The van der Waals surface area contributed by atoms with E-state index in [1.807, 2.05) is 31.0 Å². The van der Waals surface area contributed by atoms with Crippen molar-refractivity contribution in [2.45, 2.75) is 63.6 Å². The quantitative estimate of drug-likeness (QED) is 0.395. The highest BCUT2D eigenvalue weighted by Crippen LogP contribution is 2.35. The summed E-state index contributed by atoms with van der Waals surface area (Å²) < 4.78 is 0. The van der Waals surface area contributed by atoms with Gasteiger partial charge in [0, 0.05) is 42.5 Å². The number of carbonyl (C=O) groups is 2. The van der Waals surface area contributed by atoms with E-state index in [-0.39, 0.29) is 23.9 Å². The molecule has 0 bridgehead atoms. The topological polar surface area (TPSA) is 52.7 Å². The summed E-state index contributed by atoms with van der Waals surface area (Å²) in [5.74, 6) is 0.557. The van der Waals surface area contributed by atoms with Crippen molar-refractivity contribution in [3.63, 3.8) is 0 Å². The molecule has 198 valence electrons. The van der Waals surface area contributed by atoms with Crippen molar-refractivity contribution in [1.29, 1.82) is 0 Å². The van der Waals surface area contributed by atoms with Gasteiger partial charge in [0.25, 0.3) is 5.91 Å². The predicted octanol–water partition coefficient (Wildman–Crippen LogP) is 6.52. The number of fused-ring (bicyclic) bond motifs is 1. The van der Waals surface area contributed by atoms with Gasteiger partial charge in [0.15, 0.2) is 0 Å². The predicted molar refractivity (Wildman–Crippen MR) is 154 cm³/mol. The summed E-state index contributed by atoms with van der Waals surface area (Å²) in [6.45, 7) is 3.70. The fourth-order valence-corrected chi connectivity index (χ4v) is 5.98. The molecule has 2 amide bonds. The molecule has 0 unspecified atom stereocenters. The summed E-state index contributed by atoms with van der Waals surface area (Å²) in [6, 6.07) is 24.0. The van der Waals surface area contributed by atoms with Gasteiger partial charge in [-0.25, -0.2) is 0 Å². The number of hydrogen-bond acceptors (Lipinski definition) is 3. The van der Waals surface area contributed by atoms with Gasteiger partial charge in [-0.15, -0.1) is 0 Å². The van der Waals surface area contributed by atoms with Gasteiger partial charge in [-0.3, -0.25) is 14.5 Å². The Labute approximate surface area is 230 Å². The van der Waals surface area contributed by atoms with Crippen molar-refractivity contribution in [2.75, 3.05) is 18.9 Å². The lowest BCUT2D eigenvalue weighted by Crippen LogP contribution is -2.44. The van der Waals surface area contributed by atoms with Crippen LogP contribution in [0.25, 0.3) is 0 Å². The van der Waals surface area contributed by atoms with Crippen LogP contribution in [0.2, 0.25) is 5.02 Å². The number of halogens is 1. The van der Waals surface area contributed by atoms with Crippen LogP contribution in [0, 0.1) is 0 Å². The minimum absolute atomic E-state index is 0.0334. The normalized spacial score (nSPS) is 20.3. The molecule has 3 aromatic rings. The van der Waals surface area contributed by atoms with Crippen molar-refractivity contribution in [3.05, 3.63) is 100 Å². The lowest BCUT2D eigenvalue weighted by molar-refractivity contribution is -0.121. The van der Waals surface area contributed by atoms with Gasteiger partial charge in [-0.2, -0.15) is 0 Å². The van der Waals surface area contributed by atoms with Gasteiger partial charge in [-0.05, 0) is 98.0 Å². The Bertz CT molecular complexity index is 1270. The van der Waals surface area contributed by atoms with Gasteiger partial charge >= 0.3 is 0 Å². The molecule has 5 nitrogen and oxygen atoms in total. The average Bonchev–Trinajstić information content (AvgIpc) is 2.96. The fraction of sp³-hybridized carbons (Fsp3) is 0.375. The number of anilines is 1.